The third-order valence-corrected chi connectivity index (χ3v) is 15.3. The van der Waals surface area contributed by atoms with Crippen LogP contribution in [0.3, 0.4) is 0 Å². The van der Waals surface area contributed by atoms with Gasteiger partial charge in [-0.15, -0.1) is 0 Å². The highest BCUT2D eigenvalue weighted by atomic mass is 28.4. The monoisotopic (exact) mass is 813 g/mol. The minimum absolute atomic E-state index is 0.0195. The third kappa shape index (κ3) is 11.6. The molecule has 5 atom stereocenters. The van der Waals surface area contributed by atoms with E-state index in [0.29, 0.717) is 13.0 Å². The van der Waals surface area contributed by atoms with E-state index in [2.05, 4.69) is 69.3 Å². The van der Waals surface area contributed by atoms with Crippen LogP contribution in [0.2, 0.25) is 5.04 Å². The number of carbonyl (C=O) groups excluding carboxylic acids is 1. The standard InChI is InChI=1S/C47H63NO9Si/c1-46(2,3)57-45(49)48-40(33-52-34-50-7)43(53-31-36-21-13-9-14-22-36)44(54-32-37-23-15-10-16-24-37)42(48)41(55-35-51-8)29-30-56-58(47(4,5)6,38-25-17-11-18-26-38)39-27-19-12-20-28-39/h9-28,40-44H,29-35H2,1-8H3/t40-,41+,42+,43-,44-/m1/s1. The van der Waals surface area contributed by atoms with Crippen LogP contribution in [0, 0.1) is 0 Å². The summed E-state index contributed by atoms with van der Waals surface area (Å²) < 4.78 is 50.9. The van der Waals surface area contributed by atoms with Gasteiger partial charge in [0.05, 0.1) is 38.0 Å². The van der Waals surface area contributed by atoms with E-state index in [4.69, 9.17) is 37.6 Å². The van der Waals surface area contributed by atoms with Gasteiger partial charge < -0.3 is 37.6 Å². The largest absolute Gasteiger partial charge is 0.444 e. The summed E-state index contributed by atoms with van der Waals surface area (Å²) in [7, 11) is 0.243. The predicted octanol–water partition coefficient (Wildman–Crippen LogP) is 7.72. The average molecular weight is 814 g/mol. The molecule has 4 aromatic rings. The lowest BCUT2D eigenvalue weighted by atomic mass is 10.0. The van der Waals surface area contributed by atoms with Crippen molar-refractivity contribution in [2.45, 2.75) is 102 Å². The highest BCUT2D eigenvalue weighted by molar-refractivity contribution is 6.99. The fourth-order valence-corrected chi connectivity index (χ4v) is 12.5. The smallest absolute Gasteiger partial charge is 0.411 e. The number of rotatable bonds is 20. The molecule has 1 heterocycles. The fraction of sp³-hybridized carbons (Fsp3) is 0.468. The number of nitrogens with zero attached hydrogens (tertiary/aromatic N) is 1. The second-order valence-corrected chi connectivity index (χ2v) is 21.0. The van der Waals surface area contributed by atoms with Gasteiger partial charge in [-0.1, -0.05) is 142 Å². The van der Waals surface area contributed by atoms with E-state index < -0.39 is 50.4 Å². The maximum absolute atomic E-state index is 14.7. The molecule has 314 valence electrons. The Bertz CT molecular complexity index is 1730. The Labute approximate surface area is 346 Å². The Morgan fingerprint density at radius 3 is 1.62 bits per heavy atom. The van der Waals surface area contributed by atoms with Crippen molar-refractivity contribution in [3.05, 3.63) is 132 Å². The first-order valence-corrected chi connectivity index (χ1v) is 22.0. The topological polar surface area (TPSA) is 94.2 Å². The lowest BCUT2D eigenvalue weighted by Gasteiger charge is -2.43. The molecule has 0 unspecified atom stereocenters. The van der Waals surface area contributed by atoms with E-state index in [-0.39, 0.29) is 38.4 Å². The minimum atomic E-state index is -2.91. The van der Waals surface area contributed by atoms with E-state index in [9.17, 15) is 4.79 Å². The molecule has 10 nitrogen and oxygen atoms in total. The lowest BCUT2D eigenvalue weighted by Crippen LogP contribution is -2.66. The van der Waals surface area contributed by atoms with Crippen molar-refractivity contribution in [3.63, 3.8) is 0 Å². The Hall–Kier alpha value is -3.91. The van der Waals surface area contributed by atoms with E-state index in [1.54, 1.807) is 19.1 Å². The molecule has 11 heteroatoms. The fourth-order valence-electron chi connectivity index (χ4n) is 7.87. The van der Waals surface area contributed by atoms with Gasteiger partial charge in [0.25, 0.3) is 8.32 Å². The number of ether oxygens (including phenoxy) is 7. The van der Waals surface area contributed by atoms with Crippen LogP contribution in [0.1, 0.15) is 59.1 Å². The second kappa shape index (κ2) is 21.4. The first-order chi connectivity index (χ1) is 27.9. The highest BCUT2D eigenvalue weighted by Crippen LogP contribution is 2.39. The third-order valence-electron chi connectivity index (χ3n) is 10.3. The van der Waals surface area contributed by atoms with E-state index >= 15 is 0 Å². The molecule has 0 bridgehead atoms. The van der Waals surface area contributed by atoms with Crippen LogP contribution < -0.4 is 10.4 Å². The zero-order chi connectivity index (χ0) is 41.6. The zero-order valence-corrected chi connectivity index (χ0v) is 36.5. The molecule has 0 aromatic heterocycles. The van der Waals surface area contributed by atoms with Gasteiger partial charge in [0.2, 0.25) is 0 Å². The first-order valence-electron chi connectivity index (χ1n) is 20.1. The number of likely N-dealkylation sites (tertiary alicyclic amines) is 1. The van der Waals surface area contributed by atoms with E-state index in [0.717, 1.165) is 11.1 Å². The number of benzene rings is 4. The predicted molar refractivity (Wildman–Crippen MR) is 228 cm³/mol. The van der Waals surface area contributed by atoms with E-state index in [1.165, 1.54) is 10.4 Å². The number of methoxy groups -OCH3 is 2. The number of amides is 1. The van der Waals surface area contributed by atoms with Gasteiger partial charge in [0, 0.05) is 20.8 Å². The summed E-state index contributed by atoms with van der Waals surface area (Å²) in [4.78, 5) is 16.4. The van der Waals surface area contributed by atoms with Crippen molar-refractivity contribution in [1.82, 2.24) is 4.90 Å². The first kappa shape index (κ1) is 45.2. The molecule has 0 spiro atoms. The van der Waals surface area contributed by atoms with Crippen molar-refractivity contribution in [1.29, 1.82) is 0 Å². The van der Waals surface area contributed by atoms with Crippen LogP contribution >= 0.6 is 0 Å². The molecule has 1 fully saturated rings. The van der Waals surface area contributed by atoms with Crippen LogP contribution in [0.25, 0.3) is 0 Å². The summed E-state index contributed by atoms with van der Waals surface area (Å²) in [6.07, 6.45) is -2.09. The van der Waals surface area contributed by atoms with Gasteiger partial charge in [-0.2, -0.15) is 0 Å². The van der Waals surface area contributed by atoms with Crippen molar-refractivity contribution in [2.24, 2.45) is 0 Å². The normalized spacial score (nSPS) is 19.3. The number of carbonyl (C=O) groups is 1. The van der Waals surface area contributed by atoms with Crippen LogP contribution in [0.5, 0.6) is 0 Å². The molecule has 1 aliphatic heterocycles. The summed E-state index contributed by atoms with van der Waals surface area (Å²) in [5, 5.41) is 2.11. The molecule has 0 radical (unpaired) electrons. The molecular weight excluding hydrogens is 751 g/mol. The number of hydrogen-bond acceptors (Lipinski definition) is 9. The summed E-state index contributed by atoms with van der Waals surface area (Å²) in [5.74, 6) is 0. The van der Waals surface area contributed by atoms with E-state index in [1.807, 2.05) is 93.6 Å². The highest BCUT2D eigenvalue weighted by Gasteiger charge is 2.57. The molecule has 5 rings (SSSR count). The molecule has 0 saturated carbocycles. The lowest BCUT2D eigenvalue weighted by molar-refractivity contribution is -0.132. The van der Waals surface area contributed by atoms with Gasteiger partial charge in [-0.25, -0.2) is 4.79 Å². The minimum Gasteiger partial charge on any atom is -0.444 e. The molecule has 0 N–H and O–H groups in total. The van der Waals surface area contributed by atoms with Gasteiger partial charge in [0.15, 0.2) is 0 Å². The van der Waals surface area contributed by atoms with Gasteiger partial charge in [-0.05, 0) is 53.7 Å². The molecular formula is C47H63NO9Si. The zero-order valence-electron chi connectivity index (χ0n) is 35.5. The summed E-state index contributed by atoms with van der Waals surface area (Å²) >= 11 is 0. The van der Waals surface area contributed by atoms with Crippen LogP contribution in [0.15, 0.2) is 121 Å². The summed E-state index contributed by atoms with van der Waals surface area (Å²) in [6, 6.07) is 39.7. The van der Waals surface area contributed by atoms with Crippen molar-refractivity contribution < 1.29 is 42.4 Å². The molecule has 0 aliphatic carbocycles. The van der Waals surface area contributed by atoms with Gasteiger partial charge >= 0.3 is 6.09 Å². The maximum atomic E-state index is 14.7. The molecule has 58 heavy (non-hydrogen) atoms. The van der Waals surface area contributed by atoms with Crippen molar-refractivity contribution >= 4 is 24.8 Å². The van der Waals surface area contributed by atoms with Crippen molar-refractivity contribution in [3.8, 4) is 0 Å². The summed E-state index contributed by atoms with van der Waals surface area (Å²) in [6.45, 7) is 13.3. The Balaban J connectivity index is 1.60. The Morgan fingerprint density at radius 2 is 1.16 bits per heavy atom. The summed E-state index contributed by atoms with van der Waals surface area (Å²) in [5.41, 5.74) is 1.17. The average Bonchev–Trinajstić information content (AvgIpc) is 3.52. The molecule has 4 aromatic carbocycles. The van der Waals surface area contributed by atoms with Gasteiger partial charge in [-0.3, -0.25) is 4.90 Å². The van der Waals surface area contributed by atoms with Crippen LogP contribution in [-0.4, -0.2) is 96.3 Å². The number of hydrogen-bond donors (Lipinski definition) is 0. The van der Waals surface area contributed by atoms with Crippen LogP contribution in [0.4, 0.5) is 4.79 Å². The second-order valence-electron chi connectivity index (χ2n) is 16.7. The quantitative estimate of drug-likeness (QED) is 0.0505. The molecule has 1 amide bonds. The molecule has 1 aliphatic rings. The van der Waals surface area contributed by atoms with Crippen molar-refractivity contribution in [2.75, 3.05) is 41.0 Å². The van der Waals surface area contributed by atoms with Crippen LogP contribution in [-0.2, 0) is 50.8 Å². The Morgan fingerprint density at radius 1 is 0.672 bits per heavy atom. The molecule has 1 saturated heterocycles. The Kier molecular flexibility index (Phi) is 16.6. The SMILES string of the molecule is COCOC[C@@H]1[C@@H](OCc2ccccc2)[C@H](OCc2ccccc2)[C@H]([C@H](CCO[Si](c2ccccc2)(c2ccccc2)C(C)(C)C)OCOC)N1C(=O)OC(C)(C)C. The maximum Gasteiger partial charge on any atom is 0.411 e. The van der Waals surface area contributed by atoms with Gasteiger partial charge in [0.1, 0.15) is 31.4 Å².